The number of benzene rings is 3. The number of carbonyl (C=O) groups is 2. The van der Waals surface area contributed by atoms with Gasteiger partial charge in [0, 0.05) is 10.0 Å². The van der Waals surface area contributed by atoms with Gasteiger partial charge in [0.15, 0.2) is 6.61 Å². The minimum Gasteiger partial charge on any atom is -0.494 e. The lowest BCUT2D eigenvalue weighted by Crippen LogP contribution is -2.24. The maximum atomic E-state index is 12.5. The Labute approximate surface area is 213 Å². The molecule has 0 aliphatic rings. The standard InChI is InChI=1S/C27H27BrN2O5/c1-3-4-15-33-23-10-12-24(13-11-23)34-18-26(31)30-29-17-21-16-22(28)9-14-25(21)35-27(32)20-7-5-19(2)6-8-20/h5-14,16-17H,3-4,15,18H2,1-2H3,(H,30,31)/b29-17+. The largest absolute Gasteiger partial charge is 0.494 e. The van der Waals surface area contributed by atoms with Gasteiger partial charge in [-0.1, -0.05) is 47.0 Å². The number of esters is 1. The Morgan fingerprint density at radius 1 is 0.971 bits per heavy atom. The molecular formula is C27H27BrN2O5. The monoisotopic (exact) mass is 538 g/mol. The highest BCUT2D eigenvalue weighted by Gasteiger charge is 2.12. The summed E-state index contributed by atoms with van der Waals surface area (Å²) in [5.74, 6) is 0.699. The summed E-state index contributed by atoms with van der Waals surface area (Å²) in [4.78, 5) is 24.6. The first-order valence-corrected chi connectivity index (χ1v) is 12.0. The summed E-state index contributed by atoms with van der Waals surface area (Å²) < 4.78 is 17.4. The van der Waals surface area contributed by atoms with Gasteiger partial charge in [-0.25, -0.2) is 10.2 Å². The molecule has 1 N–H and O–H groups in total. The molecule has 8 heteroatoms. The van der Waals surface area contributed by atoms with Crippen LogP contribution in [0.1, 0.15) is 41.3 Å². The molecule has 0 saturated carbocycles. The van der Waals surface area contributed by atoms with Crippen LogP contribution in [0.5, 0.6) is 17.2 Å². The van der Waals surface area contributed by atoms with E-state index in [4.69, 9.17) is 14.2 Å². The molecule has 0 heterocycles. The predicted octanol–water partition coefficient (Wildman–Crippen LogP) is 5.68. The van der Waals surface area contributed by atoms with E-state index in [-0.39, 0.29) is 6.61 Å². The molecule has 1 amide bonds. The molecule has 0 spiro atoms. The van der Waals surface area contributed by atoms with Crippen LogP contribution in [-0.4, -0.2) is 31.3 Å². The topological polar surface area (TPSA) is 86.2 Å². The lowest BCUT2D eigenvalue weighted by molar-refractivity contribution is -0.123. The van der Waals surface area contributed by atoms with Crippen LogP contribution in [0.4, 0.5) is 0 Å². The van der Waals surface area contributed by atoms with Gasteiger partial charge in [0.1, 0.15) is 17.2 Å². The van der Waals surface area contributed by atoms with E-state index in [1.54, 1.807) is 54.6 Å². The number of hydrazone groups is 1. The lowest BCUT2D eigenvalue weighted by Gasteiger charge is -2.09. The summed E-state index contributed by atoms with van der Waals surface area (Å²) in [5, 5.41) is 3.97. The second kappa shape index (κ2) is 13.3. The molecule has 0 aromatic heterocycles. The highest BCUT2D eigenvalue weighted by molar-refractivity contribution is 9.10. The number of nitrogens with one attached hydrogen (secondary N) is 1. The number of halogens is 1. The lowest BCUT2D eigenvalue weighted by atomic mass is 10.1. The first-order valence-electron chi connectivity index (χ1n) is 11.2. The molecule has 3 aromatic rings. The summed E-state index contributed by atoms with van der Waals surface area (Å²) >= 11 is 3.39. The van der Waals surface area contributed by atoms with E-state index >= 15 is 0 Å². The number of hydrogen-bond donors (Lipinski definition) is 1. The molecule has 3 rings (SSSR count). The fourth-order valence-electron chi connectivity index (χ4n) is 2.88. The number of aryl methyl sites for hydroxylation is 1. The summed E-state index contributed by atoms with van der Waals surface area (Å²) in [6.07, 6.45) is 3.47. The fourth-order valence-corrected chi connectivity index (χ4v) is 3.26. The smallest absolute Gasteiger partial charge is 0.343 e. The maximum Gasteiger partial charge on any atom is 0.343 e. The van der Waals surface area contributed by atoms with Crippen LogP contribution in [0.15, 0.2) is 76.3 Å². The van der Waals surface area contributed by atoms with Gasteiger partial charge in [-0.2, -0.15) is 5.10 Å². The van der Waals surface area contributed by atoms with E-state index < -0.39 is 11.9 Å². The Hall–Kier alpha value is -3.65. The minimum absolute atomic E-state index is 0.207. The van der Waals surface area contributed by atoms with Crippen LogP contribution in [0.3, 0.4) is 0 Å². The molecule has 0 radical (unpaired) electrons. The van der Waals surface area contributed by atoms with E-state index in [1.807, 2.05) is 19.1 Å². The van der Waals surface area contributed by atoms with Gasteiger partial charge in [0.25, 0.3) is 5.91 Å². The zero-order chi connectivity index (χ0) is 25.0. The molecule has 182 valence electrons. The number of hydrogen-bond acceptors (Lipinski definition) is 6. The van der Waals surface area contributed by atoms with Crippen molar-refractivity contribution in [2.24, 2.45) is 5.10 Å². The third-order valence-electron chi connectivity index (χ3n) is 4.81. The maximum absolute atomic E-state index is 12.5. The molecule has 0 aliphatic carbocycles. The summed E-state index contributed by atoms with van der Waals surface area (Å²) in [6, 6.07) is 19.3. The van der Waals surface area contributed by atoms with Gasteiger partial charge < -0.3 is 14.2 Å². The van der Waals surface area contributed by atoms with Crippen LogP contribution < -0.4 is 19.6 Å². The number of amides is 1. The van der Waals surface area contributed by atoms with Crippen molar-refractivity contribution in [1.82, 2.24) is 5.43 Å². The van der Waals surface area contributed by atoms with Gasteiger partial charge in [0.05, 0.1) is 18.4 Å². The normalized spacial score (nSPS) is 10.7. The highest BCUT2D eigenvalue weighted by atomic mass is 79.9. The zero-order valence-corrected chi connectivity index (χ0v) is 21.2. The van der Waals surface area contributed by atoms with Crippen molar-refractivity contribution in [3.8, 4) is 17.2 Å². The second-order valence-electron chi connectivity index (χ2n) is 7.69. The van der Waals surface area contributed by atoms with E-state index in [2.05, 4.69) is 33.4 Å². The van der Waals surface area contributed by atoms with Crippen molar-refractivity contribution in [3.05, 3.63) is 87.9 Å². The number of ether oxygens (including phenoxy) is 3. The van der Waals surface area contributed by atoms with Crippen molar-refractivity contribution < 1.29 is 23.8 Å². The molecule has 7 nitrogen and oxygen atoms in total. The second-order valence-corrected chi connectivity index (χ2v) is 8.61. The van der Waals surface area contributed by atoms with Crippen LogP contribution in [0.2, 0.25) is 0 Å². The van der Waals surface area contributed by atoms with Gasteiger partial charge in [0.2, 0.25) is 0 Å². The summed E-state index contributed by atoms with van der Waals surface area (Å²) in [5.41, 5.74) is 4.41. The van der Waals surface area contributed by atoms with Crippen LogP contribution >= 0.6 is 15.9 Å². The summed E-state index contributed by atoms with van der Waals surface area (Å²) in [6.45, 7) is 4.51. The molecule has 0 bridgehead atoms. The summed E-state index contributed by atoms with van der Waals surface area (Å²) in [7, 11) is 0. The van der Waals surface area contributed by atoms with Crippen molar-refractivity contribution >= 4 is 34.0 Å². The number of nitrogens with zero attached hydrogens (tertiary/aromatic N) is 1. The molecule has 35 heavy (non-hydrogen) atoms. The van der Waals surface area contributed by atoms with Gasteiger partial charge in [-0.3, -0.25) is 4.79 Å². The molecule has 0 fully saturated rings. The molecule has 0 saturated heterocycles. The highest BCUT2D eigenvalue weighted by Crippen LogP contribution is 2.23. The Bertz CT molecular complexity index is 1160. The Morgan fingerprint density at radius 3 is 2.34 bits per heavy atom. The molecule has 0 unspecified atom stereocenters. The fraction of sp³-hybridized carbons (Fsp3) is 0.222. The van der Waals surface area contributed by atoms with E-state index in [9.17, 15) is 9.59 Å². The van der Waals surface area contributed by atoms with E-state index in [0.29, 0.717) is 29.2 Å². The number of rotatable bonds is 11. The van der Waals surface area contributed by atoms with E-state index in [0.717, 1.165) is 28.6 Å². The van der Waals surface area contributed by atoms with Gasteiger partial charge >= 0.3 is 5.97 Å². The SMILES string of the molecule is CCCCOc1ccc(OCC(=O)N/N=C/c2cc(Br)ccc2OC(=O)c2ccc(C)cc2)cc1. The number of unbranched alkanes of at least 4 members (excludes halogenated alkanes) is 1. The Kier molecular flexibility index (Phi) is 9.86. The Morgan fingerprint density at radius 2 is 1.66 bits per heavy atom. The Balaban J connectivity index is 1.53. The van der Waals surface area contributed by atoms with Crippen LogP contribution in [0.25, 0.3) is 0 Å². The van der Waals surface area contributed by atoms with Crippen molar-refractivity contribution in [3.63, 3.8) is 0 Å². The van der Waals surface area contributed by atoms with Gasteiger partial charge in [-0.05, 0) is 67.9 Å². The van der Waals surface area contributed by atoms with Crippen LogP contribution in [-0.2, 0) is 4.79 Å². The van der Waals surface area contributed by atoms with Crippen molar-refractivity contribution in [2.45, 2.75) is 26.7 Å². The van der Waals surface area contributed by atoms with Crippen LogP contribution in [0, 0.1) is 6.92 Å². The average molecular weight is 539 g/mol. The van der Waals surface area contributed by atoms with Crippen molar-refractivity contribution in [1.29, 1.82) is 0 Å². The third kappa shape index (κ3) is 8.57. The predicted molar refractivity (Wildman–Crippen MR) is 138 cm³/mol. The molecular weight excluding hydrogens is 512 g/mol. The quantitative estimate of drug-likeness (QED) is 0.111. The zero-order valence-electron chi connectivity index (χ0n) is 19.6. The molecule has 0 atom stereocenters. The first-order chi connectivity index (χ1) is 16.9. The average Bonchev–Trinajstić information content (AvgIpc) is 2.85. The first kappa shape index (κ1) is 26.0. The minimum atomic E-state index is -0.485. The van der Waals surface area contributed by atoms with Gasteiger partial charge in [-0.15, -0.1) is 0 Å². The molecule has 0 aliphatic heterocycles. The third-order valence-corrected chi connectivity index (χ3v) is 5.31. The van der Waals surface area contributed by atoms with Crippen molar-refractivity contribution in [2.75, 3.05) is 13.2 Å². The molecule has 3 aromatic carbocycles. The van der Waals surface area contributed by atoms with E-state index in [1.165, 1.54) is 6.21 Å². The number of carbonyl (C=O) groups excluding carboxylic acids is 2.